The Balaban J connectivity index is 1.46. The van der Waals surface area contributed by atoms with E-state index in [2.05, 4.69) is 5.32 Å². The van der Waals surface area contributed by atoms with Crippen LogP contribution in [-0.4, -0.2) is 33.0 Å². The van der Waals surface area contributed by atoms with Crippen LogP contribution in [0.4, 0.5) is 0 Å². The molecular weight excluding hydrogens is 402 g/mol. The van der Waals surface area contributed by atoms with E-state index in [9.17, 15) is 9.59 Å². The zero-order chi connectivity index (χ0) is 21.8. The first kappa shape index (κ1) is 20.5. The Bertz CT molecular complexity index is 1080. The van der Waals surface area contributed by atoms with Crippen molar-refractivity contribution < 1.29 is 33.0 Å². The van der Waals surface area contributed by atoms with Gasteiger partial charge >= 0.3 is 11.9 Å². The summed E-state index contributed by atoms with van der Waals surface area (Å²) >= 11 is 0. The van der Waals surface area contributed by atoms with Crippen LogP contribution in [0.25, 0.3) is 11.3 Å². The zero-order valence-corrected chi connectivity index (χ0v) is 17.1. The monoisotopic (exact) mass is 423 g/mol. The highest BCUT2D eigenvalue weighted by Gasteiger charge is 2.16. The average molecular weight is 423 g/mol. The van der Waals surface area contributed by atoms with Gasteiger partial charge in [0, 0.05) is 12.1 Å². The number of ether oxygens (including phenoxy) is 4. The molecule has 8 nitrogen and oxygen atoms in total. The molecule has 0 unspecified atom stereocenters. The standard InChI is InChI=1S/C23H21NO7/c1-27-22(25)16-8-15(9-17(10-16)23(26)28-2)19-6-4-18(31-19)12-24-11-14-3-5-20-21(7-14)30-13-29-20/h3-10,24H,11-13H2,1-2H3. The summed E-state index contributed by atoms with van der Waals surface area (Å²) < 4.78 is 26.2. The fraction of sp³-hybridized carbons (Fsp3) is 0.217. The SMILES string of the molecule is COC(=O)c1cc(C(=O)OC)cc(-c2ccc(CNCc3ccc4c(c3)OCO4)o2)c1. The van der Waals surface area contributed by atoms with Crippen LogP contribution in [0.1, 0.15) is 32.0 Å². The summed E-state index contributed by atoms with van der Waals surface area (Å²) in [4.78, 5) is 24.0. The van der Waals surface area contributed by atoms with E-state index in [0.29, 0.717) is 30.2 Å². The maximum Gasteiger partial charge on any atom is 0.337 e. The smallest absolute Gasteiger partial charge is 0.337 e. The molecule has 0 aliphatic carbocycles. The predicted octanol–water partition coefficient (Wildman–Crippen LogP) is 3.54. The largest absolute Gasteiger partial charge is 0.465 e. The van der Waals surface area contributed by atoms with Crippen LogP contribution in [0, 0.1) is 0 Å². The Morgan fingerprint density at radius 3 is 2.29 bits per heavy atom. The molecule has 0 atom stereocenters. The third-order valence-corrected chi connectivity index (χ3v) is 4.79. The van der Waals surface area contributed by atoms with Crippen LogP contribution in [0.2, 0.25) is 0 Å². The van der Waals surface area contributed by atoms with Crippen molar-refractivity contribution in [3.63, 3.8) is 0 Å². The first-order valence-corrected chi connectivity index (χ1v) is 9.57. The number of rotatable bonds is 7. The second kappa shape index (κ2) is 8.93. The fourth-order valence-corrected chi connectivity index (χ4v) is 3.25. The van der Waals surface area contributed by atoms with Crippen molar-refractivity contribution in [3.8, 4) is 22.8 Å². The molecule has 2 aromatic carbocycles. The minimum absolute atomic E-state index is 0.235. The highest BCUT2D eigenvalue weighted by atomic mass is 16.7. The Hall–Kier alpha value is -3.78. The summed E-state index contributed by atoms with van der Waals surface area (Å²) in [6.45, 7) is 1.36. The number of hydrogen-bond donors (Lipinski definition) is 1. The van der Waals surface area contributed by atoms with Crippen molar-refractivity contribution in [3.05, 3.63) is 71.0 Å². The molecule has 1 aromatic heterocycles. The average Bonchev–Trinajstić information content (AvgIpc) is 3.47. The van der Waals surface area contributed by atoms with Crippen LogP contribution in [-0.2, 0) is 22.6 Å². The molecule has 0 radical (unpaired) electrons. The second-order valence-corrected chi connectivity index (χ2v) is 6.84. The number of hydrogen-bond acceptors (Lipinski definition) is 8. The van der Waals surface area contributed by atoms with Gasteiger partial charge in [-0.1, -0.05) is 6.07 Å². The number of furan rings is 1. The molecule has 3 aromatic rings. The van der Waals surface area contributed by atoms with E-state index >= 15 is 0 Å². The molecule has 0 bridgehead atoms. The van der Waals surface area contributed by atoms with Gasteiger partial charge in [0.15, 0.2) is 11.5 Å². The van der Waals surface area contributed by atoms with E-state index in [1.54, 1.807) is 18.2 Å². The molecule has 4 rings (SSSR count). The molecule has 0 saturated carbocycles. The van der Waals surface area contributed by atoms with Gasteiger partial charge in [0.2, 0.25) is 6.79 Å². The third kappa shape index (κ3) is 4.54. The highest BCUT2D eigenvalue weighted by molar-refractivity contribution is 5.97. The van der Waals surface area contributed by atoms with Gasteiger partial charge in [-0.3, -0.25) is 0 Å². The summed E-state index contributed by atoms with van der Waals surface area (Å²) in [5.74, 6) is 1.62. The van der Waals surface area contributed by atoms with Crippen molar-refractivity contribution in [2.45, 2.75) is 13.1 Å². The second-order valence-electron chi connectivity index (χ2n) is 6.84. The van der Waals surface area contributed by atoms with Gasteiger partial charge < -0.3 is 28.7 Å². The van der Waals surface area contributed by atoms with E-state index in [0.717, 1.165) is 17.1 Å². The highest BCUT2D eigenvalue weighted by Crippen LogP contribution is 2.32. The Morgan fingerprint density at radius 2 is 1.58 bits per heavy atom. The molecule has 0 saturated heterocycles. The molecule has 2 heterocycles. The molecular formula is C23H21NO7. The van der Waals surface area contributed by atoms with Crippen LogP contribution < -0.4 is 14.8 Å². The minimum Gasteiger partial charge on any atom is -0.465 e. The van der Waals surface area contributed by atoms with Gasteiger partial charge in [-0.15, -0.1) is 0 Å². The minimum atomic E-state index is -0.552. The molecule has 31 heavy (non-hydrogen) atoms. The van der Waals surface area contributed by atoms with Gasteiger partial charge in [-0.25, -0.2) is 9.59 Å². The summed E-state index contributed by atoms with van der Waals surface area (Å²) in [7, 11) is 2.56. The van der Waals surface area contributed by atoms with Crippen molar-refractivity contribution in [1.29, 1.82) is 0 Å². The van der Waals surface area contributed by atoms with E-state index in [1.165, 1.54) is 20.3 Å². The first-order chi connectivity index (χ1) is 15.1. The van der Waals surface area contributed by atoms with Crippen molar-refractivity contribution in [2.75, 3.05) is 21.0 Å². The lowest BCUT2D eigenvalue weighted by Gasteiger charge is -2.07. The lowest BCUT2D eigenvalue weighted by Crippen LogP contribution is -2.12. The molecule has 0 amide bonds. The summed E-state index contributed by atoms with van der Waals surface area (Å²) in [6.07, 6.45) is 0. The quantitative estimate of drug-likeness (QED) is 0.577. The number of carbonyl (C=O) groups excluding carboxylic acids is 2. The number of esters is 2. The van der Waals surface area contributed by atoms with Gasteiger partial charge in [0.1, 0.15) is 11.5 Å². The van der Waals surface area contributed by atoms with Crippen molar-refractivity contribution in [2.24, 2.45) is 0 Å². The fourth-order valence-electron chi connectivity index (χ4n) is 3.25. The molecule has 1 aliphatic rings. The van der Waals surface area contributed by atoms with E-state index < -0.39 is 11.9 Å². The van der Waals surface area contributed by atoms with Gasteiger partial charge in [0.05, 0.1) is 31.9 Å². The van der Waals surface area contributed by atoms with Crippen molar-refractivity contribution >= 4 is 11.9 Å². The predicted molar refractivity (Wildman–Crippen MR) is 110 cm³/mol. The molecule has 8 heteroatoms. The Morgan fingerprint density at radius 1 is 0.871 bits per heavy atom. The molecule has 0 fully saturated rings. The van der Waals surface area contributed by atoms with E-state index in [1.807, 2.05) is 24.3 Å². The Kier molecular flexibility index (Phi) is 5.90. The number of fused-ring (bicyclic) bond motifs is 1. The van der Waals surface area contributed by atoms with Gasteiger partial charge in [0.25, 0.3) is 0 Å². The first-order valence-electron chi connectivity index (χ1n) is 9.57. The maximum absolute atomic E-state index is 12.0. The lowest BCUT2D eigenvalue weighted by atomic mass is 10.0. The Labute approximate surface area is 178 Å². The van der Waals surface area contributed by atoms with E-state index in [4.69, 9.17) is 23.4 Å². The summed E-state index contributed by atoms with van der Waals surface area (Å²) in [5.41, 5.74) is 2.11. The number of methoxy groups -OCH3 is 2. The number of nitrogens with one attached hydrogen (secondary N) is 1. The van der Waals surface area contributed by atoms with Crippen molar-refractivity contribution in [1.82, 2.24) is 5.32 Å². The van der Waals surface area contributed by atoms with Gasteiger partial charge in [-0.05, 0) is 48.0 Å². The lowest BCUT2D eigenvalue weighted by molar-refractivity contribution is 0.0599. The third-order valence-electron chi connectivity index (χ3n) is 4.79. The van der Waals surface area contributed by atoms with Crippen LogP contribution >= 0.6 is 0 Å². The van der Waals surface area contributed by atoms with Crippen LogP contribution in [0.5, 0.6) is 11.5 Å². The topological polar surface area (TPSA) is 96.2 Å². The van der Waals surface area contributed by atoms with Crippen LogP contribution in [0.3, 0.4) is 0 Å². The van der Waals surface area contributed by atoms with Crippen LogP contribution in [0.15, 0.2) is 52.9 Å². The molecule has 1 N–H and O–H groups in total. The normalized spacial score (nSPS) is 11.9. The maximum atomic E-state index is 12.0. The number of benzene rings is 2. The molecule has 1 aliphatic heterocycles. The zero-order valence-electron chi connectivity index (χ0n) is 17.1. The number of carbonyl (C=O) groups is 2. The summed E-state index contributed by atoms with van der Waals surface area (Å²) in [5, 5.41) is 3.31. The molecule has 160 valence electrons. The van der Waals surface area contributed by atoms with E-state index in [-0.39, 0.29) is 17.9 Å². The van der Waals surface area contributed by atoms with Gasteiger partial charge in [-0.2, -0.15) is 0 Å². The summed E-state index contributed by atoms with van der Waals surface area (Å²) in [6, 6.07) is 14.1. The molecule has 0 spiro atoms.